The van der Waals surface area contributed by atoms with Gasteiger partial charge in [-0.3, -0.25) is 0 Å². The van der Waals surface area contributed by atoms with Crippen LogP contribution in [0, 0.1) is 11.8 Å². The summed E-state index contributed by atoms with van der Waals surface area (Å²) in [5.74, 6) is 0.152. The van der Waals surface area contributed by atoms with Crippen molar-refractivity contribution in [3.63, 3.8) is 0 Å². The minimum atomic E-state index is -5.08. The number of carboxylic acids is 1. The molecule has 0 unspecified atom stereocenters. The van der Waals surface area contributed by atoms with Crippen molar-refractivity contribution in [2.75, 3.05) is 30.8 Å². The summed E-state index contributed by atoms with van der Waals surface area (Å²) in [6.07, 6.45) is -1.06. The van der Waals surface area contributed by atoms with Gasteiger partial charge in [0.05, 0.1) is 17.5 Å². The maximum atomic E-state index is 12.6. The van der Waals surface area contributed by atoms with Crippen molar-refractivity contribution in [3.05, 3.63) is 77.3 Å². The molecular weight excluding hydrogens is 691 g/mol. The first-order valence-electron chi connectivity index (χ1n) is 14.3. The van der Waals surface area contributed by atoms with E-state index < -0.39 is 22.2 Å². The van der Waals surface area contributed by atoms with Crippen molar-refractivity contribution in [3.8, 4) is 5.75 Å². The maximum absolute atomic E-state index is 12.6. The number of para-hydroxylation sites is 1. The second-order valence-corrected chi connectivity index (χ2v) is 13.3. The second kappa shape index (κ2) is 15.6. The van der Waals surface area contributed by atoms with Crippen molar-refractivity contribution < 1.29 is 36.2 Å². The first-order chi connectivity index (χ1) is 21.8. The number of halogens is 4. The number of sulfonamides is 1. The Morgan fingerprint density at radius 3 is 2.22 bits per heavy atom. The Bertz CT molecular complexity index is 1740. The standard InChI is InChI=1S/C29H32BrN5O3S.C2HF3O2/c1-38-24-6-4-5-23(17-24)33-28-26-7-2-3-8-27(26)34-29(35-28)31-18-20-9-11-21(12-10-20)19-32-39(36,37)25-15-13-22(30)14-16-25;3-2(4,5)1(6)7/h2-8,13-17,20-21,32H,9-12,18-19H2,1H3,(H2,31,33,34,35);(H,6,7). The van der Waals surface area contributed by atoms with Gasteiger partial charge in [0, 0.05) is 34.7 Å². The van der Waals surface area contributed by atoms with Crippen LogP contribution < -0.4 is 20.1 Å². The first kappa shape index (κ1) is 34.9. The van der Waals surface area contributed by atoms with Crippen LogP contribution in [0.25, 0.3) is 10.9 Å². The van der Waals surface area contributed by atoms with Crippen LogP contribution in [0.4, 0.5) is 30.6 Å². The number of hydrogen-bond donors (Lipinski definition) is 4. The van der Waals surface area contributed by atoms with Crippen molar-refractivity contribution in [1.82, 2.24) is 14.7 Å². The molecule has 1 aliphatic carbocycles. The number of rotatable bonds is 10. The van der Waals surface area contributed by atoms with Gasteiger partial charge in [-0.2, -0.15) is 18.2 Å². The van der Waals surface area contributed by atoms with Crippen LogP contribution in [0.5, 0.6) is 5.75 Å². The summed E-state index contributed by atoms with van der Waals surface area (Å²) in [4.78, 5) is 18.7. The van der Waals surface area contributed by atoms with Crippen molar-refractivity contribution in [1.29, 1.82) is 0 Å². The number of alkyl halides is 3. The van der Waals surface area contributed by atoms with Gasteiger partial charge in [-0.1, -0.05) is 34.1 Å². The van der Waals surface area contributed by atoms with Crippen molar-refractivity contribution in [2.45, 2.75) is 36.8 Å². The first-order valence-corrected chi connectivity index (χ1v) is 16.6. The molecule has 5 rings (SSSR count). The molecule has 0 saturated heterocycles. The zero-order valence-corrected chi connectivity index (χ0v) is 27.1. The largest absolute Gasteiger partial charge is 0.497 e. The van der Waals surface area contributed by atoms with Crippen LogP contribution in [-0.4, -0.2) is 55.8 Å². The normalized spacial score (nSPS) is 16.6. The molecule has 46 heavy (non-hydrogen) atoms. The lowest BCUT2D eigenvalue weighted by atomic mass is 9.82. The molecule has 0 atom stereocenters. The highest BCUT2D eigenvalue weighted by atomic mass is 79.9. The molecule has 4 N–H and O–H groups in total. The quantitative estimate of drug-likeness (QED) is 0.136. The van der Waals surface area contributed by atoms with Crippen LogP contribution in [0.15, 0.2) is 82.2 Å². The fourth-order valence-electron chi connectivity index (χ4n) is 4.89. The van der Waals surface area contributed by atoms with E-state index in [1.165, 1.54) is 0 Å². The summed E-state index contributed by atoms with van der Waals surface area (Å²) >= 11 is 3.34. The third-order valence-corrected chi connectivity index (χ3v) is 9.35. The van der Waals surface area contributed by atoms with Gasteiger partial charge in [-0.25, -0.2) is 22.9 Å². The Morgan fingerprint density at radius 2 is 1.59 bits per heavy atom. The number of benzene rings is 3. The molecule has 1 fully saturated rings. The minimum absolute atomic E-state index is 0.291. The third-order valence-electron chi connectivity index (χ3n) is 7.38. The summed E-state index contributed by atoms with van der Waals surface area (Å²) in [5, 5.41) is 14.9. The van der Waals surface area contributed by atoms with Gasteiger partial charge in [-0.15, -0.1) is 0 Å². The van der Waals surface area contributed by atoms with Crippen molar-refractivity contribution in [2.24, 2.45) is 11.8 Å². The summed E-state index contributed by atoms with van der Waals surface area (Å²) in [6.45, 7) is 1.24. The predicted octanol–water partition coefficient (Wildman–Crippen LogP) is 6.97. The number of methoxy groups -OCH3 is 1. The zero-order chi connectivity index (χ0) is 33.3. The number of aromatic nitrogens is 2. The minimum Gasteiger partial charge on any atom is -0.497 e. The van der Waals surface area contributed by atoms with Gasteiger partial charge >= 0.3 is 12.1 Å². The van der Waals surface area contributed by atoms with Crippen LogP contribution in [0.1, 0.15) is 25.7 Å². The number of carbonyl (C=O) groups is 1. The summed E-state index contributed by atoms with van der Waals surface area (Å²) < 4.78 is 66.0. The average molecular weight is 725 g/mol. The molecule has 1 heterocycles. The summed E-state index contributed by atoms with van der Waals surface area (Å²) in [6, 6.07) is 22.4. The molecule has 0 radical (unpaired) electrons. The van der Waals surface area contributed by atoms with E-state index in [2.05, 4.69) is 31.3 Å². The van der Waals surface area contributed by atoms with Gasteiger partial charge in [-0.05, 0) is 86.1 Å². The molecule has 246 valence electrons. The van der Waals surface area contributed by atoms with E-state index in [-0.39, 0.29) is 0 Å². The SMILES string of the molecule is COc1cccc(Nc2nc(NCC3CCC(CNS(=O)(=O)c4ccc(Br)cc4)CC3)nc3ccccc23)c1.O=C(O)C(F)(F)F. The highest BCUT2D eigenvalue weighted by molar-refractivity contribution is 9.10. The van der Waals surface area contributed by atoms with E-state index in [0.29, 0.717) is 29.2 Å². The fourth-order valence-corrected chi connectivity index (χ4v) is 6.27. The van der Waals surface area contributed by atoms with E-state index in [9.17, 15) is 21.6 Å². The third kappa shape index (κ3) is 10.0. The molecule has 4 aromatic rings. The van der Waals surface area contributed by atoms with Crippen molar-refractivity contribution >= 4 is 60.3 Å². The topological polar surface area (TPSA) is 143 Å². The van der Waals surface area contributed by atoms with Crippen LogP contribution in [0.3, 0.4) is 0 Å². The molecular formula is C31H33BrF3N5O5S. The molecule has 3 aromatic carbocycles. The highest BCUT2D eigenvalue weighted by Crippen LogP contribution is 2.30. The number of nitrogens with zero attached hydrogens (tertiary/aromatic N) is 2. The predicted molar refractivity (Wildman–Crippen MR) is 173 cm³/mol. The summed E-state index contributed by atoms with van der Waals surface area (Å²) in [7, 11) is -1.85. The maximum Gasteiger partial charge on any atom is 0.490 e. The van der Waals surface area contributed by atoms with E-state index in [0.717, 1.165) is 64.9 Å². The van der Waals surface area contributed by atoms with Crippen LogP contribution in [-0.2, 0) is 14.8 Å². The van der Waals surface area contributed by atoms with E-state index >= 15 is 0 Å². The monoisotopic (exact) mass is 723 g/mol. The lowest BCUT2D eigenvalue weighted by molar-refractivity contribution is -0.192. The van der Waals surface area contributed by atoms with E-state index in [1.54, 1.807) is 31.4 Å². The Labute approximate surface area is 273 Å². The fraction of sp³-hybridized carbons (Fsp3) is 0.323. The van der Waals surface area contributed by atoms with Gasteiger partial charge in [0.1, 0.15) is 11.6 Å². The number of nitrogens with one attached hydrogen (secondary N) is 3. The van der Waals surface area contributed by atoms with Gasteiger partial charge in [0.25, 0.3) is 0 Å². The number of fused-ring (bicyclic) bond motifs is 1. The smallest absolute Gasteiger partial charge is 0.490 e. The summed E-state index contributed by atoms with van der Waals surface area (Å²) in [5.41, 5.74) is 1.75. The number of ether oxygens (including phenoxy) is 1. The lowest BCUT2D eigenvalue weighted by Gasteiger charge is -2.28. The molecule has 1 aromatic heterocycles. The number of aliphatic carboxylic acids is 1. The highest BCUT2D eigenvalue weighted by Gasteiger charge is 2.38. The lowest BCUT2D eigenvalue weighted by Crippen LogP contribution is -2.32. The molecule has 0 bridgehead atoms. The van der Waals surface area contributed by atoms with Crippen LogP contribution >= 0.6 is 15.9 Å². The molecule has 1 saturated carbocycles. The van der Waals surface area contributed by atoms with Crippen LogP contribution in [0.2, 0.25) is 0 Å². The number of carboxylic acid groups (broad SMARTS) is 1. The van der Waals surface area contributed by atoms with E-state index in [4.69, 9.17) is 24.6 Å². The Kier molecular flexibility index (Phi) is 11.8. The Balaban J connectivity index is 0.000000617. The molecule has 1 aliphatic rings. The molecule has 0 aliphatic heterocycles. The number of hydrogen-bond acceptors (Lipinski definition) is 8. The molecule has 10 nitrogen and oxygen atoms in total. The van der Waals surface area contributed by atoms with Gasteiger partial charge in [0.2, 0.25) is 16.0 Å². The molecule has 15 heteroatoms. The van der Waals surface area contributed by atoms with Gasteiger partial charge in [0.15, 0.2) is 0 Å². The number of anilines is 3. The molecule has 0 amide bonds. The molecule has 0 spiro atoms. The van der Waals surface area contributed by atoms with Gasteiger partial charge < -0.3 is 20.5 Å². The second-order valence-electron chi connectivity index (χ2n) is 10.6. The Hall–Kier alpha value is -3.95. The zero-order valence-electron chi connectivity index (χ0n) is 24.7. The van der Waals surface area contributed by atoms with E-state index in [1.807, 2.05) is 48.5 Å². The average Bonchev–Trinajstić information content (AvgIpc) is 3.03. The Morgan fingerprint density at radius 1 is 0.957 bits per heavy atom.